The van der Waals surface area contributed by atoms with Crippen LogP contribution in [0.2, 0.25) is 0 Å². The lowest BCUT2D eigenvalue weighted by atomic mass is 10.1. The summed E-state index contributed by atoms with van der Waals surface area (Å²) in [5, 5.41) is 0. The van der Waals surface area contributed by atoms with Crippen LogP contribution in [0.25, 0.3) is 0 Å². The first-order valence-corrected chi connectivity index (χ1v) is 11.0. The summed E-state index contributed by atoms with van der Waals surface area (Å²) in [5.41, 5.74) is 3.10. The van der Waals surface area contributed by atoms with Crippen LogP contribution in [0.3, 0.4) is 0 Å². The Bertz CT molecular complexity index is 951. The first-order valence-electron chi connectivity index (χ1n) is 10.2. The van der Waals surface area contributed by atoms with E-state index in [1.807, 2.05) is 59.5 Å². The number of rotatable bonds is 6. The van der Waals surface area contributed by atoms with Gasteiger partial charge in [0.2, 0.25) is 0 Å². The van der Waals surface area contributed by atoms with E-state index in [9.17, 15) is 4.79 Å². The molecule has 0 N–H and O–H groups in total. The van der Waals surface area contributed by atoms with Gasteiger partial charge in [-0.25, -0.2) is 0 Å². The van der Waals surface area contributed by atoms with Crippen molar-refractivity contribution >= 4 is 21.8 Å². The molecular formula is C25H25BrN2O2. The molecule has 0 saturated carbocycles. The first-order chi connectivity index (χ1) is 14.7. The molecule has 0 spiro atoms. The molecular weight excluding hydrogens is 440 g/mol. The van der Waals surface area contributed by atoms with Gasteiger partial charge in [0.15, 0.2) is 0 Å². The number of piperazine rings is 1. The molecule has 3 aromatic rings. The van der Waals surface area contributed by atoms with Crippen molar-refractivity contribution in [1.29, 1.82) is 0 Å². The van der Waals surface area contributed by atoms with Crippen LogP contribution in [0.4, 0.5) is 0 Å². The lowest BCUT2D eigenvalue weighted by Gasteiger charge is -2.34. The van der Waals surface area contributed by atoms with E-state index in [4.69, 9.17) is 4.74 Å². The van der Waals surface area contributed by atoms with Crippen molar-refractivity contribution < 1.29 is 9.53 Å². The van der Waals surface area contributed by atoms with Crippen LogP contribution in [0.1, 0.15) is 21.5 Å². The number of carbonyl (C=O) groups is 1. The Hall–Kier alpha value is -2.63. The van der Waals surface area contributed by atoms with E-state index >= 15 is 0 Å². The number of amides is 1. The van der Waals surface area contributed by atoms with Crippen molar-refractivity contribution in [3.8, 4) is 5.75 Å². The van der Waals surface area contributed by atoms with Gasteiger partial charge in [0.05, 0.1) is 0 Å². The second-order valence-corrected chi connectivity index (χ2v) is 8.41. The molecule has 0 atom stereocenters. The Labute approximate surface area is 186 Å². The van der Waals surface area contributed by atoms with Crippen molar-refractivity contribution in [2.45, 2.75) is 13.2 Å². The summed E-state index contributed by atoms with van der Waals surface area (Å²) in [4.78, 5) is 17.2. The molecule has 0 aliphatic carbocycles. The van der Waals surface area contributed by atoms with E-state index in [2.05, 4.69) is 45.1 Å². The molecule has 0 aromatic heterocycles. The van der Waals surface area contributed by atoms with Gasteiger partial charge in [-0.05, 0) is 47.5 Å². The highest BCUT2D eigenvalue weighted by atomic mass is 79.9. The molecule has 3 aromatic carbocycles. The molecule has 1 saturated heterocycles. The van der Waals surface area contributed by atoms with E-state index in [1.54, 1.807) is 0 Å². The van der Waals surface area contributed by atoms with Crippen molar-refractivity contribution in [3.63, 3.8) is 0 Å². The van der Waals surface area contributed by atoms with Gasteiger partial charge in [0.1, 0.15) is 12.4 Å². The molecule has 0 unspecified atom stereocenters. The van der Waals surface area contributed by atoms with Crippen molar-refractivity contribution in [2.75, 3.05) is 26.2 Å². The van der Waals surface area contributed by atoms with E-state index < -0.39 is 0 Å². The molecule has 30 heavy (non-hydrogen) atoms. The monoisotopic (exact) mass is 464 g/mol. The van der Waals surface area contributed by atoms with Gasteiger partial charge in [-0.15, -0.1) is 0 Å². The molecule has 1 amide bonds. The SMILES string of the molecule is O=C(c1ccc(COc2ccc(Br)cc2)cc1)N1CCN(Cc2ccccc2)CC1. The summed E-state index contributed by atoms with van der Waals surface area (Å²) < 4.78 is 6.83. The van der Waals surface area contributed by atoms with Gasteiger partial charge in [-0.2, -0.15) is 0 Å². The highest BCUT2D eigenvalue weighted by Crippen LogP contribution is 2.18. The van der Waals surface area contributed by atoms with Gasteiger partial charge in [0, 0.05) is 42.8 Å². The molecule has 1 fully saturated rings. The van der Waals surface area contributed by atoms with E-state index in [0.717, 1.165) is 54.1 Å². The maximum absolute atomic E-state index is 12.9. The number of benzene rings is 3. The molecule has 4 rings (SSSR count). The number of carbonyl (C=O) groups excluding carboxylic acids is 1. The average Bonchev–Trinajstić information content (AvgIpc) is 2.80. The maximum Gasteiger partial charge on any atom is 0.253 e. The van der Waals surface area contributed by atoms with Crippen molar-refractivity contribution in [1.82, 2.24) is 9.80 Å². The highest BCUT2D eigenvalue weighted by molar-refractivity contribution is 9.10. The molecule has 1 aliphatic heterocycles. The minimum absolute atomic E-state index is 0.106. The van der Waals surface area contributed by atoms with Gasteiger partial charge in [0.25, 0.3) is 5.91 Å². The molecule has 1 aliphatic rings. The van der Waals surface area contributed by atoms with Crippen LogP contribution < -0.4 is 4.74 Å². The predicted octanol–water partition coefficient (Wildman–Crippen LogP) is 4.99. The Balaban J connectivity index is 1.27. The van der Waals surface area contributed by atoms with Crippen molar-refractivity contribution in [2.24, 2.45) is 0 Å². The van der Waals surface area contributed by atoms with E-state index in [1.165, 1.54) is 5.56 Å². The average molecular weight is 465 g/mol. The van der Waals surface area contributed by atoms with Crippen LogP contribution in [0.15, 0.2) is 83.3 Å². The fraction of sp³-hybridized carbons (Fsp3) is 0.240. The van der Waals surface area contributed by atoms with Gasteiger partial charge >= 0.3 is 0 Å². The number of nitrogens with zero attached hydrogens (tertiary/aromatic N) is 2. The quantitative estimate of drug-likeness (QED) is 0.515. The molecule has 0 bridgehead atoms. The third-order valence-corrected chi connectivity index (χ3v) is 5.86. The van der Waals surface area contributed by atoms with Gasteiger partial charge in [-0.1, -0.05) is 58.4 Å². The molecule has 154 valence electrons. The minimum atomic E-state index is 0.106. The molecule has 4 nitrogen and oxygen atoms in total. The zero-order valence-corrected chi connectivity index (χ0v) is 18.4. The summed E-state index contributed by atoms with van der Waals surface area (Å²) in [7, 11) is 0. The second kappa shape index (κ2) is 9.92. The van der Waals surface area contributed by atoms with Gasteiger partial charge < -0.3 is 9.64 Å². The van der Waals surface area contributed by atoms with E-state index in [0.29, 0.717) is 6.61 Å². The van der Waals surface area contributed by atoms with Gasteiger partial charge in [-0.3, -0.25) is 9.69 Å². The zero-order valence-electron chi connectivity index (χ0n) is 16.8. The summed E-state index contributed by atoms with van der Waals surface area (Å²) in [6, 6.07) is 26.0. The van der Waals surface area contributed by atoms with Crippen molar-refractivity contribution in [3.05, 3.63) is 100 Å². The summed E-state index contributed by atoms with van der Waals surface area (Å²) in [6.07, 6.45) is 0. The Morgan fingerprint density at radius 1 is 0.800 bits per heavy atom. The fourth-order valence-electron chi connectivity index (χ4n) is 3.57. The molecule has 5 heteroatoms. The number of hydrogen-bond donors (Lipinski definition) is 0. The van der Waals surface area contributed by atoms with Crippen LogP contribution >= 0.6 is 15.9 Å². The zero-order chi connectivity index (χ0) is 20.8. The largest absolute Gasteiger partial charge is 0.489 e. The highest BCUT2D eigenvalue weighted by Gasteiger charge is 2.22. The first kappa shape index (κ1) is 20.6. The fourth-order valence-corrected chi connectivity index (χ4v) is 3.84. The summed E-state index contributed by atoms with van der Waals surface area (Å²) in [6.45, 7) is 4.75. The summed E-state index contributed by atoms with van der Waals surface area (Å²) in [5.74, 6) is 0.932. The Morgan fingerprint density at radius 2 is 1.47 bits per heavy atom. The topological polar surface area (TPSA) is 32.8 Å². The normalized spacial score (nSPS) is 14.5. The lowest BCUT2D eigenvalue weighted by Crippen LogP contribution is -2.48. The standard InChI is InChI=1S/C25H25BrN2O2/c26-23-10-12-24(13-11-23)30-19-21-6-8-22(9-7-21)25(29)28-16-14-27(15-17-28)18-20-4-2-1-3-5-20/h1-13H,14-19H2. The number of halogens is 1. The van der Waals surface area contributed by atoms with Crippen LogP contribution in [-0.2, 0) is 13.2 Å². The van der Waals surface area contributed by atoms with E-state index in [-0.39, 0.29) is 5.91 Å². The molecule has 0 radical (unpaired) electrons. The minimum Gasteiger partial charge on any atom is -0.489 e. The predicted molar refractivity (Wildman–Crippen MR) is 123 cm³/mol. The third-order valence-electron chi connectivity index (χ3n) is 5.33. The number of hydrogen-bond acceptors (Lipinski definition) is 3. The lowest BCUT2D eigenvalue weighted by molar-refractivity contribution is 0.0628. The maximum atomic E-state index is 12.9. The molecule has 1 heterocycles. The second-order valence-electron chi connectivity index (χ2n) is 7.49. The van der Waals surface area contributed by atoms with Crippen LogP contribution in [-0.4, -0.2) is 41.9 Å². The smallest absolute Gasteiger partial charge is 0.253 e. The summed E-state index contributed by atoms with van der Waals surface area (Å²) >= 11 is 3.42. The van der Waals surface area contributed by atoms with Crippen LogP contribution in [0.5, 0.6) is 5.75 Å². The van der Waals surface area contributed by atoms with Crippen LogP contribution in [0, 0.1) is 0 Å². The number of ether oxygens (including phenoxy) is 1. The third kappa shape index (κ3) is 5.49. The Kier molecular flexibility index (Phi) is 6.82. The Morgan fingerprint density at radius 3 is 2.13 bits per heavy atom.